The highest BCUT2D eigenvalue weighted by atomic mass is 32.2. The maximum absolute atomic E-state index is 12.5. The summed E-state index contributed by atoms with van der Waals surface area (Å²) in [6.07, 6.45) is -3.01. The molecule has 5 nitrogen and oxygen atoms in total. The van der Waals surface area contributed by atoms with Crippen LogP contribution in [0.25, 0.3) is 0 Å². The highest BCUT2D eigenvalue weighted by Gasteiger charge is 2.34. The van der Waals surface area contributed by atoms with Crippen LogP contribution in [0.15, 0.2) is 12.1 Å². The van der Waals surface area contributed by atoms with Gasteiger partial charge in [-0.05, 0) is 38.8 Å². The molecule has 2 rings (SSSR count). The van der Waals surface area contributed by atoms with Crippen molar-refractivity contribution in [1.29, 1.82) is 0 Å². The molecule has 9 heteroatoms. The van der Waals surface area contributed by atoms with Crippen molar-refractivity contribution < 1.29 is 21.6 Å². The minimum Gasteiger partial charge on any atom is -0.269 e. The molecule has 2 heterocycles. The molecule has 1 aliphatic heterocycles. The van der Waals surface area contributed by atoms with E-state index in [1.54, 1.807) is 6.92 Å². The lowest BCUT2D eigenvalue weighted by molar-refractivity contribution is -0.141. The van der Waals surface area contributed by atoms with Crippen LogP contribution >= 0.6 is 0 Å². The highest BCUT2D eigenvalue weighted by molar-refractivity contribution is 7.90. The van der Waals surface area contributed by atoms with Crippen LogP contribution in [-0.2, 0) is 16.4 Å². The zero-order valence-electron chi connectivity index (χ0n) is 11.6. The number of rotatable bonds is 3. The number of hydrogen-bond donors (Lipinski definition) is 1. The summed E-state index contributed by atoms with van der Waals surface area (Å²) in [4.78, 5) is 3.40. The van der Waals surface area contributed by atoms with Crippen LogP contribution in [0.2, 0.25) is 0 Å². The van der Waals surface area contributed by atoms with Crippen LogP contribution in [0.3, 0.4) is 0 Å². The number of aryl methyl sites for hydroxylation is 1. The van der Waals surface area contributed by atoms with Crippen LogP contribution in [-0.4, -0.2) is 30.3 Å². The highest BCUT2D eigenvalue weighted by Crippen LogP contribution is 2.30. The number of alkyl halides is 3. The normalized spacial score (nSPS) is 20.7. The largest absolute Gasteiger partial charge is 0.433 e. The second-order valence-corrected chi connectivity index (χ2v) is 6.66. The minimum absolute atomic E-state index is 0.0137. The summed E-state index contributed by atoms with van der Waals surface area (Å²) in [6.45, 7) is 3.54. The van der Waals surface area contributed by atoms with Gasteiger partial charge in [0, 0.05) is 12.6 Å². The van der Waals surface area contributed by atoms with Crippen LogP contribution in [0.4, 0.5) is 18.9 Å². The molecule has 0 aliphatic carbocycles. The number of halogens is 3. The second kappa shape index (κ2) is 5.45. The topological polar surface area (TPSA) is 62.3 Å². The van der Waals surface area contributed by atoms with Crippen molar-refractivity contribution >= 4 is 15.9 Å². The summed E-state index contributed by atoms with van der Waals surface area (Å²) in [5.41, 5.74) is -1.00. The van der Waals surface area contributed by atoms with Crippen LogP contribution < -0.4 is 4.72 Å². The van der Waals surface area contributed by atoms with Crippen LogP contribution in [0.1, 0.15) is 31.2 Å². The molecule has 1 aliphatic rings. The Hall–Kier alpha value is -1.35. The van der Waals surface area contributed by atoms with Gasteiger partial charge in [-0.3, -0.25) is 4.72 Å². The van der Waals surface area contributed by atoms with E-state index >= 15 is 0 Å². The van der Waals surface area contributed by atoms with Crippen molar-refractivity contribution in [2.45, 2.75) is 38.9 Å². The molecule has 1 fully saturated rings. The van der Waals surface area contributed by atoms with E-state index in [0.717, 1.165) is 25.0 Å². The van der Waals surface area contributed by atoms with E-state index < -0.39 is 22.1 Å². The Balaban J connectivity index is 2.24. The van der Waals surface area contributed by atoms with Gasteiger partial charge in [-0.15, -0.1) is 0 Å². The van der Waals surface area contributed by atoms with Crippen molar-refractivity contribution in [3.8, 4) is 0 Å². The summed E-state index contributed by atoms with van der Waals surface area (Å²) >= 11 is 0. The Kier molecular flexibility index (Phi) is 4.16. The number of nitrogens with zero attached hydrogens (tertiary/aromatic N) is 2. The quantitative estimate of drug-likeness (QED) is 0.930. The molecule has 0 aromatic carbocycles. The van der Waals surface area contributed by atoms with E-state index in [-0.39, 0.29) is 17.4 Å². The van der Waals surface area contributed by atoms with Crippen molar-refractivity contribution in [2.24, 2.45) is 0 Å². The Morgan fingerprint density at radius 2 is 2.05 bits per heavy atom. The lowest BCUT2D eigenvalue weighted by Crippen LogP contribution is -2.38. The molecule has 0 radical (unpaired) electrons. The SMILES string of the molecule is Cc1nc(C(F)(F)F)ccc1NS(=O)(=O)N1CCCC1C. The number of anilines is 1. The number of nitrogens with one attached hydrogen (secondary N) is 1. The summed E-state index contributed by atoms with van der Waals surface area (Å²) in [6, 6.07) is 1.73. The first-order chi connectivity index (χ1) is 9.61. The van der Waals surface area contributed by atoms with Gasteiger partial charge in [-0.25, -0.2) is 4.98 Å². The van der Waals surface area contributed by atoms with Gasteiger partial charge in [0.15, 0.2) is 0 Å². The van der Waals surface area contributed by atoms with Crippen molar-refractivity contribution in [2.75, 3.05) is 11.3 Å². The third-order valence-electron chi connectivity index (χ3n) is 3.42. The van der Waals surface area contributed by atoms with E-state index in [4.69, 9.17) is 0 Å². The number of aromatic nitrogens is 1. The molecule has 0 bridgehead atoms. The van der Waals surface area contributed by atoms with Gasteiger partial charge in [0.25, 0.3) is 0 Å². The summed E-state index contributed by atoms with van der Waals surface area (Å²) in [5, 5.41) is 0. The van der Waals surface area contributed by atoms with Gasteiger partial charge in [0.2, 0.25) is 0 Å². The first kappa shape index (κ1) is 16.0. The smallest absolute Gasteiger partial charge is 0.269 e. The number of hydrogen-bond acceptors (Lipinski definition) is 3. The van der Waals surface area contributed by atoms with Gasteiger partial charge >= 0.3 is 16.4 Å². The van der Waals surface area contributed by atoms with E-state index in [1.165, 1.54) is 11.2 Å². The first-order valence-corrected chi connectivity index (χ1v) is 7.89. The van der Waals surface area contributed by atoms with E-state index in [2.05, 4.69) is 9.71 Å². The zero-order valence-corrected chi connectivity index (χ0v) is 12.4. The fourth-order valence-corrected chi connectivity index (χ4v) is 3.85. The van der Waals surface area contributed by atoms with Crippen LogP contribution in [0, 0.1) is 6.92 Å². The predicted molar refractivity (Wildman–Crippen MR) is 71.9 cm³/mol. The number of pyridine rings is 1. The van der Waals surface area contributed by atoms with E-state index in [1.807, 2.05) is 0 Å². The molecule has 0 saturated carbocycles. The van der Waals surface area contributed by atoms with Crippen LogP contribution in [0.5, 0.6) is 0 Å². The molecule has 1 N–H and O–H groups in total. The average Bonchev–Trinajstić information content (AvgIpc) is 2.77. The van der Waals surface area contributed by atoms with Gasteiger partial charge in [0.1, 0.15) is 5.69 Å². The molecule has 1 atom stereocenters. The van der Waals surface area contributed by atoms with E-state index in [0.29, 0.717) is 6.54 Å². The van der Waals surface area contributed by atoms with Gasteiger partial charge in [-0.1, -0.05) is 0 Å². The Morgan fingerprint density at radius 1 is 1.38 bits per heavy atom. The molecule has 118 valence electrons. The maximum Gasteiger partial charge on any atom is 0.433 e. The Bertz CT molecular complexity index is 631. The lowest BCUT2D eigenvalue weighted by atomic mass is 10.2. The molecule has 0 amide bonds. The summed E-state index contributed by atoms with van der Waals surface area (Å²) in [5.74, 6) is 0. The average molecular weight is 323 g/mol. The fourth-order valence-electron chi connectivity index (χ4n) is 2.29. The predicted octanol–water partition coefficient (Wildman–Crippen LogP) is 2.55. The molecule has 1 unspecified atom stereocenters. The van der Waals surface area contributed by atoms with Gasteiger partial charge < -0.3 is 0 Å². The van der Waals surface area contributed by atoms with E-state index in [9.17, 15) is 21.6 Å². The molecule has 21 heavy (non-hydrogen) atoms. The van der Waals surface area contributed by atoms with Crippen molar-refractivity contribution in [3.63, 3.8) is 0 Å². The third kappa shape index (κ3) is 3.46. The standard InChI is InChI=1S/C12H16F3N3O2S/c1-8-4-3-7-18(8)21(19,20)17-10-5-6-11(12(13,14)15)16-9(10)2/h5-6,8,17H,3-4,7H2,1-2H3. The summed E-state index contributed by atoms with van der Waals surface area (Å²) < 4.78 is 65.6. The third-order valence-corrected chi connectivity index (χ3v) is 5.05. The Morgan fingerprint density at radius 3 is 2.52 bits per heavy atom. The lowest BCUT2D eigenvalue weighted by Gasteiger charge is -2.22. The zero-order chi connectivity index (χ0) is 15.8. The van der Waals surface area contributed by atoms with Gasteiger partial charge in [-0.2, -0.15) is 25.9 Å². The molecule has 0 spiro atoms. The molecular formula is C12H16F3N3O2S. The molecular weight excluding hydrogens is 307 g/mol. The molecule has 1 aromatic rings. The molecule has 1 aromatic heterocycles. The fraction of sp³-hybridized carbons (Fsp3) is 0.583. The maximum atomic E-state index is 12.5. The summed E-state index contributed by atoms with van der Waals surface area (Å²) in [7, 11) is -3.77. The monoisotopic (exact) mass is 323 g/mol. The van der Waals surface area contributed by atoms with Crippen molar-refractivity contribution in [1.82, 2.24) is 9.29 Å². The minimum atomic E-state index is -4.55. The van der Waals surface area contributed by atoms with Gasteiger partial charge in [0.05, 0.1) is 11.4 Å². The van der Waals surface area contributed by atoms with Crippen molar-refractivity contribution in [3.05, 3.63) is 23.5 Å². The first-order valence-electron chi connectivity index (χ1n) is 6.45. The molecule has 1 saturated heterocycles. The Labute approximate surface area is 121 Å². The second-order valence-electron chi connectivity index (χ2n) is 5.04.